The fourth-order valence-corrected chi connectivity index (χ4v) is 5.37. The van der Waals surface area contributed by atoms with Crippen LogP contribution in [0.3, 0.4) is 0 Å². The quantitative estimate of drug-likeness (QED) is 0.426. The summed E-state index contributed by atoms with van der Waals surface area (Å²) in [4.78, 5) is 27.3. The molecule has 1 heterocycles. The lowest BCUT2D eigenvalue weighted by Gasteiger charge is -2.26. The molecule has 2 atom stereocenters. The van der Waals surface area contributed by atoms with Gasteiger partial charge in [0.15, 0.2) is 17.3 Å². The number of aryl methyl sites for hydroxylation is 1. The largest absolute Gasteiger partial charge is 0.493 e. The standard InChI is InChI=1S/C27H36N2O4.ClH/c1-32-24-16-19-15-18(27(31)21(19)17-25(24)33-2)9-6-4-3-5-7-14-28-22-10-8-11-23-20(22)12-13-26(30)29-23;/h12-13,16-18,22,28H,3-11,14-15H2,1-2H3,(H,29,30);1H/t18?,22-;/m0./s1. The molecule has 7 heteroatoms. The lowest BCUT2D eigenvalue weighted by Crippen LogP contribution is -2.28. The molecule has 0 saturated carbocycles. The number of hydrogen-bond acceptors (Lipinski definition) is 5. The van der Waals surface area contributed by atoms with Gasteiger partial charge in [-0.1, -0.05) is 31.7 Å². The number of ketones is 1. The van der Waals surface area contributed by atoms with Gasteiger partial charge in [-0.05, 0) is 68.3 Å². The number of methoxy groups -OCH3 is 2. The van der Waals surface area contributed by atoms with Crippen LogP contribution in [0.4, 0.5) is 0 Å². The number of unbranched alkanes of at least 4 members (excludes halogenated alkanes) is 4. The van der Waals surface area contributed by atoms with E-state index in [0.29, 0.717) is 17.5 Å². The van der Waals surface area contributed by atoms with Crippen LogP contribution in [0.15, 0.2) is 29.1 Å². The highest BCUT2D eigenvalue weighted by molar-refractivity contribution is 6.02. The molecular formula is C27H37ClN2O4. The van der Waals surface area contributed by atoms with Crippen LogP contribution >= 0.6 is 12.4 Å². The number of pyridine rings is 1. The van der Waals surface area contributed by atoms with Gasteiger partial charge in [-0.15, -0.1) is 12.4 Å². The Bertz CT molecular complexity index is 1040. The van der Waals surface area contributed by atoms with E-state index in [-0.39, 0.29) is 29.7 Å². The van der Waals surface area contributed by atoms with E-state index in [1.54, 1.807) is 20.3 Å². The molecule has 1 unspecified atom stereocenters. The molecular weight excluding hydrogens is 452 g/mol. The fourth-order valence-electron chi connectivity index (χ4n) is 5.37. The van der Waals surface area contributed by atoms with Crippen molar-refractivity contribution in [2.75, 3.05) is 20.8 Å². The number of carbonyl (C=O) groups excluding carboxylic acids is 1. The summed E-state index contributed by atoms with van der Waals surface area (Å²) in [5.41, 5.74) is 4.25. The molecule has 1 aromatic heterocycles. The van der Waals surface area contributed by atoms with Crippen molar-refractivity contribution in [1.29, 1.82) is 0 Å². The van der Waals surface area contributed by atoms with Crippen molar-refractivity contribution in [1.82, 2.24) is 10.3 Å². The molecule has 0 fully saturated rings. The zero-order valence-electron chi connectivity index (χ0n) is 20.3. The Morgan fingerprint density at radius 3 is 2.53 bits per heavy atom. The maximum Gasteiger partial charge on any atom is 0.248 e. The highest BCUT2D eigenvalue weighted by Crippen LogP contribution is 2.38. The first-order valence-electron chi connectivity index (χ1n) is 12.3. The molecule has 2 aliphatic carbocycles. The molecule has 0 aliphatic heterocycles. The normalized spacial score (nSPS) is 18.7. The van der Waals surface area contributed by atoms with Crippen molar-refractivity contribution < 1.29 is 14.3 Å². The van der Waals surface area contributed by atoms with Gasteiger partial charge in [0.05, 0.1) is 14.2 Å². The Hall–Kier alpha value is -2.31. The monoisotopic (exact) mass is 488 g/mol. The Labute approximate surface area is 208 Å². The molecule has 0 bridgehead atoms. The minimum atomic E-state index is -0.00274. The second-order valence-corrected chi connectivity index (χ2v) is 9.34. The van der Waals surface area contributed by atoms with Crippen molar-refractivity contribution >= 4 is 18.2 Å². The smallest absolute Gasteiger partial charge is 0.248 e. The van der Waals surface area contributed by atoms with Crippen molar-refractivity contribution in [2.24, 2.45) is 5.92 Å². The van der Waals surface area contributed by atoms with E-state index in [4.69, 9.17) is 9.47 Å². The number of nitrogens with one attached hydrogen (secondary N) is 2. The van der Waals surface area contributed by atoms with E-state index in [1.165, 1.54) is 24.8 Å². The van der Waals surface area contributed by atoms with Gasteiger partial charge in [-0.3, -0.25) is 9.59 Å². The van der Waals surface area contributed by atoms with Crippen molar-refractivity contribution in [3.05, 3.63) is 57.0 Å². The maximum absolute atomic E-state index is 12.8. The molecule has 0 radical (unpaired) electrons. The first-order chi connectivity index (χ1) is 16.1. The molecule has 0 saturated heterocycles. The van der Waals surface area contributed by atoms with E-state index in [1.807, 2.05) is 18.2 Å². The fraction of sp³-hybridized carbons (Fsp3) is 0.556. The van der Waals surface area contributed by atoms with Crippen LogP contribution in [-0.4, -0.2) is 31.5 Å². The van der Waals surface area contributed by atoms with Crippen molar-refractivity contribution in [3.8, 4) is 11.5 Å². The Morgan fingerprint density at radius 2 is 1.74 bits per heavy atom. The van der Waals surface area contributed by atoms with Gasteiger partial charge in [-0.2, -0.15) is 0 Å². The van der Waals surface area contributed by atoms with Crippen LogP contribution in [0.5, 0.6) is 11.5 Å². The number of fused-ring (bicyclic) bond motifs is 2. The number of aromatic nitrogens is 1. The van der Waals surface area contributed by atoms with Crippen LogP contribution in [0, 0.1) is 5.92 Å². The van der Waals surface area contributed by atoms with Gasteiger partial charge < -0.3 is 19.8 Å². The average molecular weight is 489 g/mol. The van der Waals surface area contributed by atoms with Gasteiger partial charge in [0.2, 0.25) is 5.56 Å². The summed E-state index contributed by atoms with van der Waals surface area (Å²) in [5, 5.41) is 3.68. The summed E-state index contributed by atoms with van der Waals surface area (Å²) in [6.07, 6.45) is 10.8. The number of H-pyrrole nitrogens is 1. The highest BCUT2D eigenvalue weighted by Gasteiger charge is 2.31. The third kappa shape index (κ3) is 6.02. The predicted molar refractivity (Wildman–Crippen MR) is 137 cm³/mol. The van der Waals surface area contributed by atoms with Crippen molar-refractivity contribution in [3.63, 3.8) is 0 Å². The molecule has 0 amide bonds. The summed E-state index contributed by atoms with van der Waals surface area (Å²) in [6, 6.07) is 7.78. The van der Waals surface area contributed by atoms with Gasteiger partial charge >= 0.3 is 0 Å². The van der Waals surface area contributed by atoms with Crippen LogP contribution < -0.4 is 20.3 Å². The summed E-state index contributed by atoms with van der Waals surface area (Å²) in [6.45, 7) is 1.00. The van der Waals surface area contributed by atoms with Crippen LogP contribution in [0.1, 0.15) is 84.6 Å². The maximum atomic E-state index is 12.8. The van der Waals surface area contributed by atoms with E-state index in [2.05, 4.69) is 10.3 Å². The molecule has 2 aromatic rings. The number of rotatable bonds is 11. The van der Waals surface area contributed by atoms with E-state index >= 15 is 0 Å². The number of Topliss-reactive ketones (excluding diaryl/α,β-unsaturated/α-hetero) is 1. The first-order valence-corrected chi connectivity index (χ1v) is 12.3. The number of halogens is 1. The van der Waals surface area contributed by atoms with Gasteiger partial charge in [0.1, 0.15) is 0 Å². The lowest BCUT2D eigenvalue weighted by molar-refractivity contribution is 0.0928. The first kappa shape index (κ1) is 26.3. The minimum Gasteiger partial charge on any atom is -0.493 e. The molecule has 6 nitrogen and oxygen atoms in total. The summed E-state index contributed by atoms with van der Waals surface area (Å²) in [5.74, 6) is 1.67. The van der Waals surface area contributed by atoms with E-state index < -0.39 is 0 Å². The summed E-state index contributed by atoms with van der Waals surface area (Å²) < 4.78 is 10.7. The second kappa shape index (κ2) is 12.4. The Balaban J connectivity index is 0.00000324. The molecule has 2 aliphatic rings. The lowest BCUT2D eigenvalue weighted by atomic mass is 9.91. The summed E-state index contributed by atoms with van der Waals surface area (Å²) >= 11 is 0. The SMILES string of the molecule is COc1cc2c(cc1OC)C(=O)C(CCCCCCCN[C@H]1CCCc3[nH]c(=O)ccc31)C2.Cl. The topological polar surface area (TPSA) is 80.4 Å². The van der Waals surface area contributed by atoms with Crippen LogP contribution in [-0.2, 0) is 12.8 Å². The van der Waals surface area contributed by atoms with E-state index in [0.717, 1.165) is 68.3 Å². The zero-order chi connectivity index (χ0) is 23.2. The minimum absolute atomic E-state index is 0. The molecule has 2 N–H and O–H groups in total. The predicted octanol–water partition coefficient (Wildman–Crippen LogP) is 5.18. The van der Waals surface area contributed by atoms with E-state index in [9.17, 15) is 9.59 Å². The number of ether oxygens (including phenoxy) is 2. The third-order valence-corrected chi connectivity index (χ3v) is 7.16. The molecule has 1 aromatic carbocycles. The van der Waals surface area contributed by atoms with Crippen LogP contribution in [0.2, 0.25) is 0 Å². The van der Waals surface area contributed by atoms with Gasteiger partial charge in [0, 0.05) is 29.3 Å². The summed E-state index contributed by atoms with van der Waals surface area (Å²) in [7, 11) is 3.23. The van der Waals surface area contributed by atoms with Gasteiger partial charge in [0.25, 0.3) is 0 Å². The number of aromatic amines is 1. The average Bonchev–Trinajstić information content (AvgIpc) is 3.13. The number of hydrogen-bond donors (Lipinski definition) is 2. The molecule has 186 valence electrons. The third-order valence-electron chi connectivity index (χ3n) is 7.16. The Morgan fingerprint density at radius 1 is 1.00 bits per heavy atom. The number of carbonyl (C=O) groups is 1. The second-order valence-electron chi connectivity index (χ2n) is 9.34. The zero-order valence-corrected chi connectivity index (χ0v) is 21.1. The number of benzene rings is 1. The van der Waals surface area contributed by atoms with Gasteiger partial charge in [-0.25, -0.2) is 0 Å². The molecule has 4 rings (SSSR count). The van der Waals surface area contributed by atoms with Crippen LogP contribution in [0.25, 0.3) is 0 Å². The highest BCUT2D eigenvalue weighted by atomic mass is 35.5. The van der Waals surface area contributed by atoms with Crippen molar-refractivity contribution in [2.45, 2.75) is 70.3 Å². The Kier molecular flexibility index (Phi) is 9.60. The molecule has 0 spiro atoms. The molecule has 34 heavy (non-hydrogen) atoms.